The van der Waals surface area contributed by atoms with Crippen molar-refractivity contribution in [3.8, 4) is 0 Å². The number of phosphoric acid groups is 1. The predicted molar refractivity (Wildman–Crippen MR) is 20.6 cm³/mol. The van der Waals surface area contributed by atoms with Gasteiger partial charge in [-0.3, -0.25) is 0 Å². The van der Waals surface area contributed by atoms with E-state index in [1.165, 1.54) is 0 Å². The first kappa shape index (κ1) is 8.07. The third-order valence-corrected chi connectivity index (χ3v) is 0.839. The summed E-state index contributed by atoms with van der Waals surface area (Å²) in [6.07, 6.45) is 0. The lowest BCUT2D eigenvalue weighted by atomic mass is 10.8. The van der Waals surface area contributed by atoms with Gasteiger partial charge < -0.3 is 24.0 Å². The van der Waals surface area contributed by atoms with Gasteiger partial charge in [0.15, 0.2) is 0 Å². The molecule has 6 heteroatoms. The van der Waals surface area contributed by atoms with Gasteiger partial charge in [0.05, 0.1) is 21.0 Å². The molecule has 8 heavy (non-hydrogen) atoms. The van der Waals surface area contributed by atoms with Crippen LogP contribution >= 0.6 is 7.82 Å². The number of aliphatic hydroxyl groups excluding tert-OH is 1. The van der Waals surface area contributed by atoms with Crippen LogP contribution < -0.4 is 9.79 Å². The van der Waals surface area contributed by atoms with Crippen molar-refractivity contribution in [3.63, 3.8) is 0 Å². The van der Waals surface area contributed by atoms with E-state index in [0.29, 0.717) is 0 Å². The molecule has 0 atom stereocenters. The van der Waals surface area contributed by atoms with E-state index < -0.39 is 21.0 Å². The van der Waals surface area contributed by atoms with Crippen LogP contribution in [-0.4, -0.2) is 18.3 Å². The summed E-state index contributed by atoms with van der Waals surface area (Å²) in [5.41, 5.74) is 0. The summed E-state index contributed by atoms with van der Waals surface area (Å²) < 4.78 is 13.1. The minimum absolute atomic E-state index is 0.454. The summed E-state index contributed by atoms with van der Waals surface area (Å²) in [5.74, 6) is 0. The Labute approximate surface area is 46.2 Å². The van der Waals surface area contributed by atoms with E-state index in [4.69, 9.17) is 5.11 Å². The largest absolute Gasteiger partial charge is 0.790 e. The Hall–Kier alpha value is 0.0700. The zero-order valence-corrected chi connectivity index (χ0v) is 4.84. The van der Waals surface area contributed by atoms with Crippen molar-refractivity contribution >= 4 is 7.82 Å². The third kappa shape index (κ3) is 6.07. The van der Waals surface area contributed by atoms with Gasteiger partial charge in [0.2, 0.25) is 0 Å². The topological polar surface area (TPSA) is 92.7 Å². The van der Waals surface area contributed by atoms with Gasteiger partial charge in [0.25, 0.3) is 0 Å². The molecule has 0 heterocycles. The van der Waals surface area contributed by atoms with Gasteiger partial charge in [0.1, 0.15) is 0 Å². The average molecular weight is 140 g/mol. The van der Waals surface area contributed by atoms with Gasteiger partial charge in [-0.1, -0.05) is 0 Å². The Bertz CT molecular complexity index is 94.6. The standard InChI is InChI=1S/C2H7O5P/c3-1-2-7-8(4,5)6/h3H,1-2H2,(H2,4,5,6)/p-2. The Kier molecular flexibility index (Phi) is 3.19. The summed E-state index contributed by atoms with van der Waals surface area (Å²) >= 11 is 0. The molecule has 0 aromatic carbocycles. The molecule has 0 bridgehead atoms. The van der Waals surface area contributed by atoms with E-state index in [2.05, 4.69) is 4.52 Å². The van der Waals surface area contributed by atoms with Crippen LogP contribution in [0.15, 0.2) is 0 Å². The number of hydrogen-bond acceptors (Lipinski definition) is 5. The molecule has 0 saturated carbocycles. The van der Waals surface area contributed by atoms with Gasteiger partial charge in [-0.15, -0.1) is 0 Å². The second-order valence-corrected chi connectivity index (χ2v) is 2.16. The van der Waals surface area contributed by atoms with Crippen LogP contribution in [0.2, 0.25) is 0 Å². The van der Waals surface area contributed by atoms with Crippen LogP contribution in [0.4, 0.5) is 0 Å². The lowest BCUT2D eigenvalue weighted by Crippen LogP contribution is -2.17. The first-order valence-corrected chi connectivity index (χ1v) is 3.30. The molecule has 0 aliphatic carbocycles. The van der Waals surface area contributed by atoms with Crippen LogP contribution in [0.25, 0.3) is 0 Å². The molecular weight excluding hydrogens is 135 g/mol. The van der Waals surface area contributed by atoms with Crippen LogP contribution in [0.5, 0.6) is 0 Å². The Morgan fingerprint density at radius 1 is 1.62 bits per heavy atom. The van der Waals surface area contributed by atoms with E-state index in [1.807, 2.05) is 0 Å². The fraction of sp³-hybridized carbons (Fsp3) is 1.00. The van der Waals surface area contributed by atoms with Crippen LogP contribution in [0.1, 0.15) is 0 Å². The molecule has 5 nitrogen and oxygen atoms in total. The second kappa shape index (κ2) is 3.17. The third-order valence-electron chi connectivity index (χ3n) is 0.341. The van der Waals surface area contributed by atoms with Crippen LogP contribution in [0.3, 0.4) is 0 Å². The number of rotatable bonds is 3. The first-order valence-electron chi connectivity index (χ1n) is 1.84. The van der Waals surface area contributed by atoms with Crippen molar-refractivity contribution in [1.29, 1.82) is 0 Å². The molecule has 0 spiro atoms. The zero-order chi connectivity index (χ0) is 6.62. The lowest BCUT2D eigenvalue weighted by Gasteiger charge is -2.27. The first-order chi connectivity index (χ1) is 3.56. The quantitative estimate of drug-likeness (QED) is 0.450. The number of phosphoric ester groups is 1. The summed E-state index contributed by atoms with van der Waals surface area (Å²) in [5, 5.41) is 7.91. The van der Waals surface area contributed by atoms with Crippen molar-refractivity contribution < 1.29 is 24.0 Å². The molecule has 50 valence electrons. The van der Waals surface area contributed by atoms with Crippen molar-refractivity contribution in [2.24, 2.45) is 0 Å². The summed E-state index contributed by atoms with van der Waals surface area (Å²) in [7, 11) is -4.84. The molecule has 0 aliphatic heterocycles. The SMILES string of the molecule is O=P([O-])([O-])OCCO. The zero-order valence-electron chi connectivity index (χ0n) is 3.94. The van der Waals surface area contributed by atoms with Gasteiger partial charge in [-0.2, -0.15) is 0 Å². The Balaban J connectivity index is 3.26. The highest BCUT2D eigenvalue weighted by atomic mass is 31.2. The molecule has 0 fully saturated rings. The smallest absolute Gasteiger partial charge is 0.0750 e. The van der Waals surface area contributed by atoms with E-state index in [9.17, 15) is 14.4 Å². The molecule has 0 unspecified atom stereocenters. The number of aliphatic hydroxyl groups is 1. The van der Waals surface area contributed by atoms with Crippen molar-refractivity contribution in [1.82, 2.24) is 0 Å². The van der Waals surface area contributed by atoms with Gasteiger partial charge in [0, 0.05) is 0 Å². The van der Waals surface area contributed by atoms with Gasteiger partial charge in [-0.25, -0.2) is 0 Å². The van der Waals surface area contributed by atoms with Gasteiger partial charge in [-0.05, 0) is 0 Å². The number of hydrogen-bond donors (Lipinski definition) is 1. The fourth-order valence-corrected chi connectivity index (χ4v) is 0.458. The normalized spacial score (nSPS) is 11.9. The van der Waals surface area contributed by atoms with E-state index in [-0.39, 0.29) is 0 Å². The minimum atomic E-state index is -4.84. The average Bonchev–Trinajstić information content (AvgIpc) is 1.59. The van der Waals surface area contributed by atoms with Crippen LogP contribution in [0, 0.1) is 0 Å². The fourth-order valence-electron chi connectivity index (χ4n) is 0.153. The van der Waals surface area contributed by atoms with Crippen molar-refractivity contribution in [3.05, 3.63) is 0 Å². The molecule has 0 radical (unpaired) electrons. The van der Waals surface area contributed by atoms with Crippen molar-refractivity contribution in [2.45, 2.75) is 0 Å². The highest BCUT2D eigenvalue weighted by Gasteiger charge is 1.86. The maximum absolute atomic E-state index is 9.53. The summed E-state index contributed by atoms with van der Waals surface area (Å²) in [6, 6.07) is 0. The van der Waals surface area contributed by atoms with Gasteiger partial charge >= 0.3 is 0 Å². The maximum atomic E-state index is 9.53. The molecular formula is C2H5O5P-2. The van der Waals surface area contributed by atoms with Crippen molar-refractivity contribution in [2.75, 3.05) is 13.2 Å². The maximum Gasteiger partial charge on any atom is 0.0750 e. The molecule has 0 aliphatic rings. The van der Waals surface area contributed by atoms with E-state index in [0.717, 1.165) is 0 Å². The molecule has 0 aromatic rings. The summed E-state index contributed by atoms with van der Waals surface area (Å²) in [4.78, 5) is 19.1. The van der Waals surface area contributed by atoms with E-state index >= 15 is 0 Å². The molecule has 0 amide bonds. The summed E-state index contributed by atoms with van der Waals surface area (Å²) in [6.45, 7) is -0.918. The molecule has 0 rings (SSSR count). The molecule has 0 saturated heterocycles. The van der Waals surface area contributed by atoms with Crippen LogP contribution in [-0.2, 0) is 9.09 Å². The highest BCUT2D eigenvalue weighted by molar-refractivity contribution is 7.43. The Morgan fingerprint density at radius 2 is 2.12 bits per heavy atom. The molecule has 1 N–H and O–H groups in total. The monoisotopic (exact) mass is 140 g/mol. The predicted octanol–water partition coefficient (Wildman–Crippen LogP) is -2.18. The minimum Gasteiger partial charge on any atom is -0.790 e. The highest BCUT2D eigenvalue weighted by Crippen LogP contribution is 2.23. The van der Waals surface area contributed by atoms with E-state index in [1.54, 1.807) is 0 Å². The second-order valence-electron chi connectivity index (χ2n) is 1.00. The Morgan fingerprint density at radius 3 is 2.25 bits per heavy atom. The molecule has 0 aromatic heterocycles. The lowest BCUT2D eigenvalue weighted by molar-refractivity contribution is -0.342.